The molecule has 0 amide bonds. The Kier molecular flexibility index (Phi) is 3.35. The highest BCUT2D eigenvalue weighted by molar-refractivity contribution is 7.99. The van der Waals surface area contributed by atoms with Gasteiger partial charge >= 0.3 is 0 Å². The van der Waals surface area contributed by atoms with Gasteiger partial charge in [-0.2, -0.15) is 0 Å². The van der Waals surface area contributed by atoms with Gasteiger partial charge in [-0.1, -0.05) is 30.3 Å². The van der Waals surface area contributed by atoms with E-state index in [0.717, 1.165) is 17.0 Å². The Morgan fingerprint density at radius 3 is 2.37 bits per heavy atom. The predicted molar refractivity (Wildman–Crippen MR) is 71.9 cm³/mol. The monoisotopic (exact) mass is 277 g/mol. The Bertz CT molecular complexity index is 542. The fourth-order valence-electron chi connectivity index (χ4n) is 1.92. The van der Waals surface area contributed by atoms with Gasteiger partial charge in [0.25, 0.3) is 10.3 Å². The summed E-state index contributed by atoms with van der Waals surface area (Å²) >= 11 is 1.36. The number of nitrogens with zero attached hydrogens (tertiary/aromatic N) is 1. The molecule has 1 fully saturated rings. The maximum Gasteiger partial charge on any atom is 0.261 e. The molecule has 2 heterocycles. The van der Waals surface area contributed by atoms with Crippen molar-refractivity contribution in [3.05, 3.63) is 47.3 Å². The third-order valence-electron chi connectivity index (χ3n) is 3.03. The van der Waals surface area contributed by atoms with Gasteiger partial charge in [0.05, 0.1) is 18.9 Å². The van der Waals surface area contributed by atoms with Crippen molar-refractivity contribution < 1.29 is 13.9 Å². The van der Waals surface area contributed by atoms with E-state index >= 15 is 0 Å². The first-order chi connectivity index (χ1) is 9.20. The van der Waals surface area contributed by atoms with Crippen LogP contribution in [0.4, 0.5) is 0 Å². The Labute approximate surface area is 116 Å². The van der Waals surface area contributed by atoms with Crippen molar-refractivity contribution in [2.24, 2.45) is 0 Å². The zero-order valence-corrected chi connectivity index (χ0v) is 11.7. The van der Waals surface area contributed by atoms with E-state index in [1.807, 2.05) is 44.2 Å². The zero-order valence-electron chi connectivity index (χ0n) is 10.9. The van der Waals surface area contributed by atoms with E-state index in [-0.39, 0.29) is 0 Å². The molecule has 100 valence electrons. The van der Waals surface area contributed by atoms with Crippen LogP contribution in [0, 0.1) is 13.8 Å². The first-order valence-electron chi connectivity index (χ1n) is 6.16. The minimum Gasteiger partial charge on any atom is -0.436 e. The lowest BCUT2D eigenvalue weighted by Crippen LogP contribution is -2.22. The SMILES string of the molecule is Cc1nc(SC2(c3ccccc3)OCCO2)oc1C. The van der Waals surface area contributed by atoms with Crippen molar-refractivity contribution in [2.75, 3.05) is 13.2 Å². The largest absolute Gasteiger partial charge is 0.436 e. The van der Waals surface area contributed by atoms with E-state index in [4.69, 9.17) is 13.9 Å². The molecule has 5 heteroatoms. The first kappa shape index (κ1) is 12.7. The average molecular weight is 277 g/mol. The van der Waals surface area contributed by atoms with E-state index in [9.17, 15) is 0 Å². The highest BCUT2D eigenvalue weighted by atomic mass is 32.2. The fourth-order valence-corrected chi connectivity index (χ4v) is 3.04. The van der Waals surface area contributed by atoms with E-state index in [2.05, 4.69) is 4.98 Å². The average Bonchev–Trinajstić information content (AvgIpc) is 3.00. The highest BCUT2D eigenvalue weighted by Gasteiger charge is 2.41. The minimum absolute atomic E-state index is 0.570. The summed E-state index contributed by atoms with van der Waals surface area (Å²) in [6.45, 7) is 4.97. The summed E-state index contributed by atoms with van der Waals surface area (Å²) in [6.07, 6.45) is 0. The van der Waals surface area contributed by atoms with Gasteiger partial charge in [0.15, 0.2) is 0 Å². The number of hydrogen-bond donors (Lipinski definition) is 0. The van der Waals surface area contributed by atoms with Crippen molar-refractivity contribution in [3.8, 4) is 0 Å². The molecule has 1 aliphatic heterocycles. The number of aromatic nitrogens is 1. The van der Waals surface area contributed by atoms with Crippen LogP contribution in [0.1, 0.15) is 17.0 Å². The molecule has 0 N–H and O–H groups in total. The van der Waals surface area contributed by atoms with Crippen molar-refractivity contribution in [3.63, 3.8) is 0 Å². The molecule has 0 radical (unpaired) electrons. The summed E-state index contributed by atoms with van der Waals surface area (Å²) in [5.41, 5.74) is 1.86. The number of oxazole rings is 1. The maximum absolute atomic E-state index is 5.82. The van der Waals surface area contributed by atoms with Crippen LogP contribution in [0.3, 0.4) is 0 Å². The summed E-state index contributed by atoms with van der Waals surface area (Å²) in [5.74, 6) is 0.823. The van der Waals surface area contributed by atoms with Gasteiger partial charge in [-0.3, -0.25) is 0 Å². The number of hydrogen-bond acceptors (Lipinski definition) is 5. The molecule has 0 spiro atoms. The van der Waals surface area contributed by atoms with E-state index < -0.39 is 5.12 Å². The van der Waals surface area contributed by atoms with Crippen LogP contribution in [-0.4, -0.2) is 18.2 Å². The van der Waals surface area contributed by atoms with Crippen LogP contribution >= 0.6 is 11.8 Å². The van der Waals surface area contributed by atoms with Crippen LogP contribution in [0.5, 0.6) is 0 Å². The Hall–Kier alpha value is -1.30. The van der Waals surface area contributed by atoms with Gasteiger partial charge in [0.2, 0.25) is 0 Å². The molecule has 1 aromatic heterocycles. The third-order valence-corrected chi connectivity index (χ3v) is 4.11. The standard InChI is InChI=1S/C14H15NO3S/c1-10-11(2)18-13(15-10)19-14(16-8-9-17-14)12-6-4-3-5-7-12/h3-7H,8-9H2,1-2H3. The summed E-state index contributed by atoms with van der Waals surface area (Å²) in [5, 5.41) is -0.272. The molecular weight excluding hydrogens is 262 g/mol. The Balaban J connectivity index is 1.93. The van der Waals surface area contributed by atoms with Crippen LogP contribution in [0.25, 0.3) is 0 Å². The fraction of sp³-hybridized carbons (Fsp3) is 0.357. The molecule has 0 unspecified atom stereocenters. The van der Waals surface area contributed by atoms with Gasteiger partial charge < -0.3 is 13.9 Å². The molecule has 1 aliphatic rings. The normalized spacial score (nSPS) is 17.8. The summed E-state index contributed by atoms with van der Waals surface area (Å²) in [6, 6.07) is 9.88. The highest BCUT2D eigenvalue weighted by Crippen LogP contribution is 2.45. The van der Waals surface area contributed by atoms with Crippen molar-refractivity contribution in [1.82, 2.24) is 4.98 Å². The third kappa shape index (κ3) is 2.41. The van der Waals surface area contributed by atoms with Gasteiger partial charge in [0.1, 0.15) is 5.76 Å². The molecule has 4 nitrogen and oxygen atoms in total. The van der Waals surface area contributed by atoms with Gasteiger partial charge in [0, 0.05) is 17.3 Å². The molecule has 2 aromatic rings. The zero-order chi connectivity index (χ0) is 13.3. The predicted octanol–water partition coefficient (Wildman–Crippen LogP) is 3.24. The first-order valence-corrected chi connectivity index (χ1v) is 6.98. The van der Waals surface area contributed by atoms with Gasteiger partial charge in [-0.15, -0.1) is 0 Å². The smallest absolute Gasteiger partial charge is 0.261 e. The van der Waals surface area contributed by atoms with Crippen LogP contribution < -0.4 is 0 Å². The van der Waals surface area contributed by atoms with E-state index in [0.29, 0.717) is 18.4 Å². The van der Waals surface area contributed by atoms with E-state index in [1.54, 1.807) is 0 Å². The Morgan fingerprint density at radius 2 is 1.79 bits per heavy atom. The van der Waals surface area contributed by atoms with E-state index in [1.165, 1.54) is 11.8 Å². The maximum atomic E-state index is 5.82. The molecular formula is C14H15NO3S. The second-order valence-electron chi connectivity index (χ2n) is 4.34. The number of thioether (sulfide) groups is 1. The molecule has 0 aliphatic carbocycles. The van der Waals surface area contributed by atoms with Gasteiger partial charge in [-0.05, 0) is 13.8 Å². The second-order valence-corrected chi connectivity index (χ2v) is 5.43. The molecule has 0 bridgehead atoms. The van der Waals surface area contributed by atoms with Crippen LogP contribution in [0.2, 0.25) is 0 Å². The molecule has 19 heavy (non-hydrogen) atoms. The number of benzene rings is 1. The molecule has 0 atom stereocenters. The topological polar surface area (TPSA) is 44.5 Å². The minimum atomic E-state index is -0.842. The van der Waals surface area contributed by atoms with Crippen LogP contribution in [-0.2, 0) is 14.6 Å². The molecule has 3 rings (SSSR count). The second kappa shape index (κ2) is 5.00. The summed E-state index contributed by atoms with van der Waals surface area (Å²) in [4.78, 5) is 4.38. The summed E-state index contributed by atoms with van der Waals surface area (Å²) in [7, 11) is 0. The van der Waals surface area contributed by atoms with Crippen LogP contribution in [0.15, 0.2) is 40.0 Å². The van der Waals surface area contributed by atoms with Crippen molar-refractivity contribution >= 4 is 11.8 Å². The van der Waals surface area contributed by atoms with Crippen molar-refractivity contribution in [1.29, 1.82) is 0 Å². The number of ether oxygens (including phenoxy) is 2. The molecule has 1 aromatic carbocycles. The lowest BCUT2D eigenvalue weighted by molar-refractivity contribution is -0.0822. The number of aryl methyl sites for hydroxylation is 2. The lowest BCUT2D eigenvalue weighted by Gasteiger charge is -2.25. The molecule has 0 saturated carbocycles. The van der Waals surface area contributed by atoms with Crippen molar-refractivity contribution in [2.45, 2.75) is 24.2 Å². The molecule has 1 saturated heterocycles. The number of rotatable bonds is 3. The Morgan fingerprint density at radius 1 is 1.11 bits per heavy atom. The lowest BCUT2D eigenvalue weighted by atomic mass is 10.2. The quantitative estimate of drug-likeness (QED) is 0.861. The van der Waals surface area contributed by atoms with Gasteiger partial charge in [-0.25, -0.2) is 4.98 Å². The summed E-state index contributed by atoms with van der Waals surface area (Å²) < 4.78 is 17.3.